The van der Waals surface area contributed by atoms with Crippen LogP contribution in [0.2, 0.25) is 0 Å². The van der Waals surface area contributed by atoms with E-state index in [2.05, 4.69) is 15.5 Å². The summed E-state index contributed by atoms with van der Waals surface area (Å²) in [6, 6.07) is 11.7. The smallest absolute Gasteiger partial charge is 0.345 e. The molecule has 3 aromatic rings. The zero-order valence-corrected chi connectivity index (χ0v) is 14.8. The summed E-state index contributed by atoms with van der Waals surface area (Å²) in [6.07, 6.45) is 4.51. The lowest BCUT2D eigenvalue weighted by molar-refractivity contribution is 0.0734. The number of nitrogens with one attached hydrogen (secondary N) is 1. The third kappa shape index (κ3) is 4.66. The summed E-state index contributed by atoms with van der Waals surface area (Å²) in [7, 11) is 0. The number of hydrazone groups is 1. The molecule has 0 aliphatic heterocycles. The minimum Gasteiger partial charge on any atom is -0.466 e. The van der Waals surface area contributed by atoms with Crippen LogP contribution in [0.4, 0.5) is 0 Å². The molecular weight excluding hydrogens is 346 g/mol. The van der Waals surface area contributed by atoms with Crippen molar-refractivity contribution in [2.24, 2.45) is 5.10 Å². The standard InChI is InChI=1S/C20H17N3O4/c1-13-10-18(14(2)26-13)19(24)23-22-11-15-5-7-17(8-6-15)27-20(25)16-4-3-9-21-12-16/h3-12H,1-2H3,(H,23,24). The van der Waals surface area contributed by atoms with E-state index in [1.54, 1.807) is 62.5 Å². The van der Waals surface area contributed by atoms with Crippen molar-refractivity contribution in [1.82, 2.24) is 10.4 Å². The molecule has 2 aromatic heterocycles. The maximum absolute atomic E-state index is 12.0. The monoisotopic (exact) mass is 363 g/mol. The molecule has 27 heavy (non-hydrogen) atoms. The Kier molecular flexibility index (Phi) is 5.41. The van der Waals surface area contributed by atoms with Crippen LogP contribution < -0.4 is 10.2 Å². The Morgan fingerprint density at radius 1 is 1.19 bits per heavy atom. The fourth-order valence-corrected chi connectivity index (χ4v) is 2.35. The van der Waals surface area contributed by atoms with Gasteiger partial charge < -0.3 is 9.15 Å². The molecule has 1 N–H and O–H groups in total. The minimum absolute atomic E-state index is 0.345. The molecular formula is C20H17N3O4. The number of benzene rings is 1. The lowest BCUT2D eigenvalue weighted by Crippen LogP contribution is -2.17. The molecule has 136 valence electrons. The van der Waals surface area contributed by atoms with Crippen LogP contribution in [-0.2, 0) is 0 Å². The largest absolute Gasteiger partial charge is 0.466 e. The van der Waals surface area contributed by atoms with Gasteiger partial charge in [0.25, 0.3) is 5.91 Å². The first-order valence-corrected chi connectivity index (χ1v) is 8.15. The number of esters is 1. The number of hydrogen-bond donors (Lipinski definition) is 1. The van der Waals surface area contributed by atoms with Crippen LogP contribution in [0.1, 0.15) is 37.8 Å². The van der Waals surface area contributed by atoms with Crippen molar-refractivity contribution in [3.8, 4) is 5.75 Å². The lowest BCUT2D eigenvalue weighted by atomic mass is 10.2. The molecule has 7 heteroatoms. The third-order valence-electron chi connectivity index (χ3n) is 3.65. The molecule has 0 fully saturated rings. The second-order valence-electron chi connectivity index (χ2n) is 5.73. The quantitative estimate of drug-likeness (QED) is 0.325. The minimum atomic E-state index is -0.484. The van der Waals surface area contributed by atoms with Crippen molar-refractivity contribution in [3.63, 3.8) is 0 Å². The fraction of sp³-hybridized carbons (Fsp3) is 0.100. The maximum atomic E-state index is 12.0. The number of hydrogen-bond acceptors (Lipinski definition) is 6. The van der Waals surface area contributed by atoms with Gasteiger partial charge in [0.15, 0.2) is 0 Å². The Balaban J connectivity index is 1.57. The second kappa shape index (κ2) is 8.09. The zero-order chi connectivity index (χ0) is 19.2. The number of furan rings is 1. The summed E-state index contributed by atoms with van der Waals surface area (Å²) < 4.78 is 10.6. The molecule has 2 heterocycles. The van der Waals surface area contributed by atoms with E-state index in [0.717, 1.165) is 5.56 Å². The van der Waals surface area contributed by atoms with Gasteiger partial charge in [-0.15, -0.1) is 0 Å². The number of nitrogens with zero attached hydrogens (tertiary/aromatic N) is 2. The molecule has 0 aliphatic rings. The second-order valence-corrected chi connectivity index (χ2v) is 5.73. The molecule has 3 rings (SSSR count). The Bertz CT molecular complexity index is 976. The average Bonchev–Trinajstić information content (AvgIpc) is 3.02. The maximum Gasteiger partial charge on any atom is 0.345 e. The number of aromatic nitrogens is 1. The summed E-state index contributed by atoms with van der Waals surface area (Å²) >= 11 is 0. The van der Waals surface area contributed by atoms with E-state index >= 15 is 0 Å². The molecule has 0 bridgehead atoms. The highest BCUT2D eigenvalue weighted by molar-refractivity contribution is 5.96. The highest BCUT2D eigenvalue weighted by Gasteiger charge is 2.12. The average molecular weight is 363 g/mol. The van der Waals surface area contributed by atoms with Gasteiger partial charge in [-0.25, -0.2) is 10.2 Å². The van der Waals surface area contributed by atoms with Crippen molar-refractivity contribution in [1.29, 1.82) is 0 Å². The van der Waals surface area contributed by atoms with Crippen molar-refractivity contribution in [3.05, 3.63) is 83.1 Å². The van der Waals surface area contributed by atoms with Crippen LogP contribution in [0.3, 0.4) is 0 Å². The number of rotatable bonds is 5. The first-order chi connectivity index (χ1) is 13.0. The molecule has 0 atom stereocenters. The molecule has 7 nitrogen and oxygen atoms in total. The van der Waals surface area contributed by atoms with E-state index < -0.39 is 5.97 Å². The highest BCUT2D eigenvalue weighted by Crippen LogP contribution is 2.14. The molecule has 0 saturated heterocycles. The number of carbonyl (C=O) groups excluding carboxylic acids is 2. The molecule has 1 amide bonds. The van der Waals surface area contributed by atoms with E-state index in [0.29, 0.717) is 28.4 Å². The van der Waals surface area contributed by atoms with E-state index in [-0.39, 0.29) is 5.91 Å². The van der Waals surface area contributed by atoms with E-state index in [4.69, 9.17) is 9.15 Å². The summed E-state index contributed by atoms with van der Waals surface area (Å²) in [5, 5.41) is 3.92. The molecule has 0 saturated carbocycles. The van der Waals surface area contributed by atoms with Crippen molar-refractivity contribution in [2.45, 2.75) is 13.8 Å². The first-order valence-electron chi connectivity index (χ1n) is 8.15. The molecule has 0 radical (unpaired) electrons. The summed E-state index contributed by atoms with van der Waals surface area (Å²) in [5.74, 6) is 0.776. The number of ether oxygens (including phenoxy) is 1. The molecule has 0 spiro atoms. The third-order valence-corrected chi connectivity index (χ3v) is 3.65. The first kappa shape index (κ1) is 18.1. The van der Waals surface area contributed by atoms with E-state index in [1.807, 2.05) is 0 Å². The van der Waals surface area contributed by atoms with Gasteiger partial charge in [-0.05, 0) is 61.9 Å². The topological polar surface area (TPSA) is 93.8 Å². The number of aryl methyl sites for hydroxylation is 2. The SMILES string of the molecule is Cc1cc(C(=O)NN=Cc2ccc(OC(=O)c3cccnc3)cc2)c(C)o1. The van der Waals surface area contributed by atoms with Crippen molar-refractivity contribution in [2.75, 3.05) is 0 Å². The summed E-state index contributed by atoms with van der Waals surface area (Å²) in [5.41, 5.74) is 4.00. The van der Waals surface area contributed by atoms with Crippen LogP contribution in [-0.4, -0.2) is 23.1 Å². The van der Waals surface area contributed by atoms with Gasteiger partial charge >= 0.3 is 5.97 Å². The van der Waals surface area contributed by atoms with Crippen LogP contribution >= 0.6 is 0 Å². The van der Waals surface area contributed by atoms with Gasteiger partial charge in [0, 0.05) is 12.4 Å². The van der Waals surface area contributed by atoms with E-state index in [9.17, 15) is 9.59 Å². The Hall–Kier alpha value is -3.74. The zero-order valence-electron chi connectivity index (χ0n) is 14.8. The van der Waals surface area contributed by atoms with Gasteiger partial charge in [0.2, 0.25) is 0 Å². The van der Waals surface area contributed by atoms with E-state index in [1.165, 1.54) is 12.4 Å². The predicted molar refractivity (Wildman–Crippen MR) is 98.9 cm³/mol. The van der Waals surface area contributed by atoms with Crippen LogP contribution in [0.25, 0.3) is 0 Å². The van der Waals surface area contributed by atoms with Gasteiger partial charge in [-0.1, -0.05) is 0 Å². The normalized spacial score (nSPS) is 10.7. The molecule has 1 aromatic carbocycles. The van der Waals surface area contributed by atoms with Crippen LogP contribution in [0.15, 0.2) is 64.4 Å². The molecule has 0 unspecified atom stereocenters. The van der Waals surface area contributed by atoms with Crippen LogP contribution in [0, 0.1) is 13.8 Å². The number of carbonyl (C=O) groups is 2. The van der Waals surface area contributed by atoms with Gasteiger partial charge in [0.05, 0.1) is 17.3 Å². The van der Waals surface area contributed by atoms with Crippen molar-refractivity contribution >= 4 is 18.1 Å². The van der Waals surface area contributed by atoms with Gasteiger partial charge in [-0.2, -0.15) is 5.10 Å². The fourth-order valence-electron chi connectivity index (χ4n) is 2.35. The van der Waals surface area contributed by atoms with Gasteiger partial charge in [0.1, 0.15) is 17.3 Å². The number of pyridine rings is 1. The number of amides is 1. The summed E-state index contributed by atoms with van der Waals surface area (Å²) in [4.78, 5) is 27.9. The highest BCUT2D eigenvalue weighted by atomic mass is 16.5. The Morgan fingerprint density at radius 3 is 2.59 bits per heavy atom. The molecule has 0 aliphatic carbocycles. The predicted octanol–water partition coefficient (Wildman–Crippen LogP) is 3.27. The van der Waals surface area contributed by atoms with Crippen molar-refractivity contribution < 1.29 is 18.7 Å². The Morgan fingerprint density at radius 2 is 1.96 bits per heavy atom. The summed E-state index contributed by atoms with van der Waals surface area (Å²) in [6.45, 7) is 3.49. The van der Waals surface area contributed by atoms with Crippen LogP contribution in [0.5, 0.6) is 5.75 Å². The Labute approximate surface area is 155 Å². The van der Waals surface area contributed by atoms with Gasteiger partial charge in [-0.3, -0.25) is 9.78 Å². The lowest BCUT2D eigenvalue weighted by Gasteiger charge is -2.04.